The average molecular weight is 500 g/mol. The van der Waals surface area contributed by atoms with Crippen molar-refractivity contribution in [1.29, 1.82) is 0 Å². The molecule has 1 aromatic heterocycles. The van der Waals surface area contributed by atoms with Crippen LogP contribution in [0.25, 0.3) is 0 Å². The van der Waals surface area contributed by atoms with Crippen LogP contribution in [0.2, 0.25) is 0 Å². The van der Waals surface area contributed by atoms with Crippen molar-refractivity contribution in [3.63, 3.8) is 0 Å². The number of nitrogens with zero attached hydrogens (tertiary/aromatic N) is 2. The maximum Gasteiger partial charge on any atom is 0.191 e. The topological polar surface area (TPSA) is 77.0 Å². The second kappa shape index (κ2) is 11.6. The monoisotopic (exact) mass is 500 g/mol. The van der Waals surface area contributed by atoms with Crippen LogP contribution in [0.5, 0.6) is 17.2 Å². The number of hydrogen-bond donors (Lipinski definition) is 2. The fraction of sp³-hybridized carbons (Fsp3) is 0.400. The van der Waals surface area contributed by atoms with Gasteiger partial charge in [0.05, 0.1) is 33.6 Å². The van der Waals surface area contributed by atoms with Crippen molar-refractivity contribution in [3.05, 3.63) is 46.8 Å². The first-order valence-corrected chi connectivity index (χ1v) is 8.68. The van der Waals surface area contributed by atoms with Crippen LogP contribution in [0, 0.1) is 13.8 Å². The van der Waals surface area contributed by atoms with E-state index in [9.17, 15) is 0 Å². The molecule has 0 unspecified atom stereocenters. The number of aryl methyl sites for hydroxylation is 1. The summed E-state index contributed by atoms with van der Waals surface area (Å²) in [5, 5.41) is 6.57. The van der Waals surface area contributed by atoms with Crippen LogP contribution in [0.1, 0.15) is 22.4 Å². The van der Waals surface area contributed by atoms with Gasteiger partial charge in [-0.05, 0) is 26.0 Å². The Bertz CT molecular complexity index is 812. The van der Waals surface area contributed by atoms with Crippen LogP contribution in [0.4, 0.5) is 0 Å². The van der Waals surface area contributed by atoms with Crippen LogP contribution in [-0.2, 0) is 13.1 Å². The Morgan fingerprint density at radius 2 is 1.75 bits per heavy atom. The molecule has 0 fully saturated rings. The first kappa shape index (κ1) is 23.8. The van der Waals surface area contributed by atoms with Crippen LogP contribution in [0.3, 0.4) is 0 Å². The Morgan fingerprint density at radius 3 is 2.36 bits per heavy atom. The van der Waals surface area contributed by atoms with Gasteiger partial charge < -0.3 is 24.8 Å². The van der Waals surface area contributed by atoms with E-state index in [0.29, 0.717) is 19.0 Å². The summed E-state index contributed by atoms with van der Waals surface area (Å²) in [5.74, 6) is 3.06. The van der Waals surface area contributed by atoms with Gasteiger partial charge in [0.2, 0.25) is 0 Å². The summed E-state index contributed by atoms with van der Waals surface area (Å²) in [6.07, 6.45) is 1.82. The first-order chi connectivity index (χ1) is 13.0. The number of methoxy groups -OCH3 is 3. The fourth-order valence-electron chi connectivity index (χ4n) is 2.81. The molecule has 154 valence electrons. The second-order valence-corrected chi connectivity index (χ2v) is 6.00. The Kier molecular flexibility index (Phi) is 9.84. The largest absolute Gasteiger partial charge is 0.497 e. The minimum atomic E-state index is 0. The number of halogens is 1. The summed E-state index contributed by atoms with van der Waals surface area (Å²) < 4.78 is 16.1. The molecular weight excluding hydrogens is 471 g/mol. The normalized spacial score (nSPS) is 10.7. The molecule has 2 N–H and O–H groups in total. The SMILES string of the molecule is CN=C(NCc1ccc(OC)cc1OC)NCc1ncc(C)c(OC)c1C.I. The number of pyridine rings is 1. The van der Waals surface area contributed by atoms with Crippen molar-refractivity contribution in [2.24, 2.45) is 4.99 Å². The van der Waals surface area contributed by atoms with Gasteiger partial charge in [-0.2, -0.15) is 0 Å². The van der Waals surface area contributed by atoms with Crippen LogP contribution < -0.4 is 24.8 Å². The van der Waals surface area contributed by atoms with Crippen molar-refractivity contribution in [3.8, 4) is 17.2 Å². The van der Waals surface area contributed by atoms with Gasteiger partial charge in [-0.3, -0.25) is 9.98 Å². The van der Waals surface area contributed by atoms with Crippen LogP contribution in [-0.4, -0.2) is 39.3 Å². The Hall–Kier alpha value is -2.23. The van der Waals surface area contributed by atoms with Gasteiger partial charge >= 0.3 is 0 Å². The molecule has 0 saturated carbocycles. The van der Waals surface area contributed by atoms with Gasteiger partial charge in [-0.25, -0.2) is 0 Å². The quantitative estimate of drug-likeness (QED) is 0.346. The minimum absolute atomic E-state index is 0. The molecule has 28 heavy (non-hydrogen) atoms. The zero-order valence-corrected chi connectivity index (χ0v) is 19.6. The zero-order valence-electron chi connectivity index (χ0n) is 17.3. The predicted molar refractivity (Wildman–Crippen MR) is 122 cm³/mol. The number of guanidine groups is 1. The van der Waals surface area contributed by atoms with E-state index in [1.165, 1.54) is 0 Å². The molecule has 2 rings (SSSR count). The van der Waals surface area contributed by atoms with Gasteiger partial charge in [-0.15, -0.1) is 24.0 Å². The van der Waals surface area contributed by atoms with Gasteiger partial charge in [0.25, 0.3) is 0 Å². The molecule has 0 aliphatic heterocycles. The lowest BCUT2D eigenvalue weighted by molar-refractivity contribution is 0.390. The Morgan fingerprint density at radius 1 is 1.04 bits per heavy atom. The van der Waals surface area contributed by atoms with Gasteiger partial charge in [0.1, 0.15) is 17.2 Å². The molecule has 1 heterocycles. The molecule has 2 aromatic rings. The summed E-state index contributed by atoms with van der Waals surface area (Å²) in [7, 11) is 6.69. The molecule has 0 aliphatic carbocycles. The number of aromatic nitrogens is 1. The van der Waals surface area contributed by atoms with Gasteiger partial charge in [0, 0.05) is 42.5 Å². The highest BCUT2D eigenvalue weighted by atomic mass is 127. The van der Waals surface area contributed by atoms with E-state index in [1.54, 1.807) is 28.4 Å². The highest BCUT2D eigenvalue weighted by Crippen LogP contribution is 2.25. The van der Waals surface area contributed by atoms with Crippen molar-refractivity contribution in [2.75, 3.05) is 28.4 Å². The lowest BCUT2D eigenvalue weighted by Crippen LogP contribution is -2.36. The summed E-state index contributed by atoms with van der Waals surface area (Å²) in [6, 6.07) is 5.73. The number of rotatable bonds is 7. The molecule has 0 aliphatic rings. The van der Waals surface area contributed by atoms with Gasteiger partial charge in [0.15, 0.2) is 5.96 Å². The molecule has 7 nitrogen and oxygen atoms in total. The number of ether oxygens (including phenoxy) is 3. The molecule has 0 bridgehead atoms. The van der Waals surface area contributed by atoms with Crippen molar-refractivity contribution < 1.29 is 14.2 Å². The fourth-order valence-corrected chi connectivity index (χ4v) is 2.81. The van der Waals surface area contributed by atoms with E-state index >= 15 is 0 Å². The molecular formula is C20H29IN4O3. The van der Waals surface area contributed by atoms with Crippen LogP contribution >= 0.6 is 24.0 Å². The summed E-state index contributed by atoms with van der Waals surface area (Å²) in [5.41, 5.74) is 3.97. The molecule has 1 aromatic carbocycles. The molecule has 0 saturated heterocycles. The van der Waals surface area contributed by atoms with E-state index in [2.05, 4.69) is 20.6 Å². The van der Waals surface area contributed by atoms with E-state index < -0.39 is 0 Å². The Balaban J connectivity index is 0.00000392. The number of hydrogen-bond acceptors (Lipinski definition) is 5. The lowest BCUT2D eigenvalue weighted by Gasteiger charge is -2.16. The minimum Gasteiger partial charge on any atom is -0.497 e. The maximum atomic E-state index is 5.46. The molecule has 0 atom stereocenters. The molecule has 0 spiro atoms. The number of nitrogens with one attached hydrogen (secondary N) is 2. The molecule has 0 radical (unpaired) electrons. The van der Waals surface area contributed by atoms with E-state index in [0.717, 1.165) is 39.6 Å². The number of aliphatic imine (C=N–C) groups is 1. The lowest BCUT2D eigenvalue weighted by atomic mass is 10.1. The number of benzene rings is 1. The summed E-state index contributed by atoms with van der Waals surface area (Å²) in [4.78, 5) is 8.77. The highest BCUT2D eigenvalue weighted by Gasteiger charge is 2.10. The Labute approximate surface area is 183 Å². The third kappa shape index (κ3) is 5.88. The first-order valence-electron chi connectivity index (χ1n) is 8.68. The maximum absolute atomic E-state index is 5.46. The summed E-state index contributed by atoms with van der Waals surface area (Å²) in [6.45, 7) is 5.10. The van der Waals surface area contributed by atoms with E-state index in [1.807, 2.05) is 38.2 Å². The van der Waals surface area contributed by atoms with Gasteiger partial charge in [-0.1, -0.05) is 0 Å². The van der Waals surface area contributed by atoms with Crippen molar-refractivity contribution in [1.82, 2.24) is 15.6 Å². The smallest absolute Gasteiger partial charge is 0.191 e. The zero-order chi connectivity index (χ0) is 19.8. The van der Waals surface area contributed by atoms with Crippen molar-refractivity contribution in [2.45, 2.75) is 26.9 Å². The van der Waals surface area contributed by atoms with Crippen molar-refractivity contribution >= 4 is 29.9 Å². The summed E-state index contributed by atoms with van der Waals surface area (Å²) >= 11 is 0. The molecule has 8 heteroatoms. The predicted octanol–water partition coefficient (Wildman–Crippen LogP) is 3.21. The standard InChI is InChI=1S/C20H28N4O3.HI/c1-13-10-22-17(14(2)19(13)27-6)12-24-20(21-3)23-11-15-7-8-16(25-4)9-18(15)26-5;/h7-10H,11-12H2,1-6H3,(H2,21,23,24);1H. The third-order valence-electron chi connectivity index (χ3n) is 4.34. The average Bonchev–Trinajstić information content (AvgIpc) is 2.69. The van der Waals surface area contributed by atoms with Crippen LogP contribution in [0.15, 0.2) is 29.4 Å². The third-order valence-corrected chi connectivity index (χ3v) is 4.34. The second-order valence-electron chi connectivity index (χ2n) is 6.00. The highest BCUT2D eigenvalue weighted by molar-refractivity contribution is 14.0. The van der Waals surface area contributed by atoms with E-state index in [4.69, 9.17) is 14.2 Å². The van der Waals surface area contributed by atoms with E-state index in [-0.39, 0.29) is 24.0 Å². The molecule has 0 amide bonds.